The number of amides is 1. The summed E-state index contributed by atoms with van der Waals surface area (Å²) in [5.41, 5.74) is 3.00. The summed E-state index contributed by atoms with van der Waals surface area (Å²) in [6, 6.07) is 8.47. The molecule has 1 atom stereocenters. The summed E-state index contributed by atoms with van der Waals surface area (Å²) in [7, 11) is 0. The maximum atomic E-state index is 12.4. The van der Waals surface area contributed by atoms with Gasteiger partial charge >= 0.3 is 0 Å². The number of benzene rings is 1. The number of anilines is 1. The average Bonchev–Trinajstić information content (AvgIpc) is 3.34. The standard InChI is InChI=1S/C21H25N7O/c1-14-3-2-7-27(14)13-21(29)24-19-10-16-9-15(4-5-17(16)25-26-19)18-11-23-20-12-22-6-8-28(18)20/h4-5,9-11,14,22H,2-3,6-8,12-13H2,1H3,(H,24,26,29)/t14-/m1/s1. The van der Waals surface area contributed by atoms with Crippen molar-refractivity contribution in [3.63, 3.8) is 0 Å². The lowest BCUT2D eigenvalue weighted by atomic mass is 10.1. The van der Waals surface area contributed by atoms with Gasteiger partial charge in [0.15, 0.2) is 5.82 Å². The molecule has 0 aliphatic carbocycles. The van der Waals surface area contributed by atoms with Crippen LogP contribution in [0.4, 0.5) is 5.82 Å². The average molecular weight is 391 g/mol. The molecule has 2 aromatic heterocycles. The van der Waals surface area contributed by atoms with Crippen LogP contribution in [0.3, 0.4) is 0 Å². The van der Waals surface area contributed by atoms with E-state index in [1.807, 2.05) is 18.3 Å². The summed E-state index contributed by atoms with van der Waals surface area (Å²) in [5.74, 6) is 1.51. The first-order chi connectivity index (χ1) is 14.2. The first-order valence-corrected chi connectivity index (χ1v) is 10.2. The quantitative estimate of drug-likeness (QED) is 0.708. The van der Waals surface area contributed by atoms with Gasteiger partial charge in [-0.3, -0.25) is 9.69 Å². The minimum absolute atomic E-state index is 0.0408. The predicted molar refractivity (Wildman–Crippen MR) is 111 cm³/mol. The molecule has 0 unspecified atom stereocenters. The van der Waals surface area contributed by atoms with Crippen LogP contribution in [-0.4, -0.2) is 56.2 Å². The summed E-state index contributed by atoms with van der Waals surface area (Å²) >= 11 is 0. The van der Waals surface area contributed by atoms with Gasteiger partial charge in [0.25, 0.3) is 0 Å². The molecule has 0 saturated carbocycles. The van der Waals surface area contributed by atoms with E-state index < -0.39 is 0 Å². The molecule has 2 N–H and O–H groups in total. The summed E-state index contributed by atoms with van der Waals surface area (Å²) in [6.07, 6.45) is 4.24. The molecule has 8 nitrogen and oxygen atoms in total. The fraction of sp³-hybridized carbons (Fsp3) is 0.429. The molecule has 2 aliphatic rings. The van der Waals surface area contributed by atoms with E-state index >= 15 is 0 Å². The van der Waals surface area contributed by atoms with Crippen LogP contribution in [0, 0.1) is 0 Å². The lowest BCUT2D eigenvalue weighted by Crippen LogP contribution is -2.35. The van der Waals surface area contributed by atoms with E-state index in [0.29, 0.717) is 18.4 Å². The number of nitrogens with zero attached hydrogens (tertiary/aromatic N) is 5. The molecule has 0 radical (unpaired) electrons. The second-order valence-electron chi connectivity index (χ2n) is 7.90. The number of fused-ring (bicyclic) bond motifs is 2. The van der Waals surface area contributed by atoms with E-state index in [2.05, 4.69) is 54.3 Å². The SMILES string of the molecule is C[C@@H]1CCCN1CC(=O)Nc1cc2cc(-c3cnc4n3CCNC4)ccc2nn1. The van der Waals surface area contributed by atoms with Crippen molar-refractivity contribution >= 4 is 22.6 Å². The van der Waals surface area contributed by atoms with Crippen molar-refractivity contribution in [1.82, 2.24) is 30.0 Å². The second kappa shape index (κ2) is 7.53. The first kappa shape index (κ1) is 18.2. The molecule has 1 saturated heterocycles. The fourth-order valence-corrected chi connectivity index (χ4v) is 4.29. The number of nitrogens with one attached hydrogen (secondary N) is 2. The van der Waals surface area contributed by atoms with Gasteiger partial charge in [0.05, 0.1) is 30.5 Å². The van der Waals surface area contributed by atoms with Gasteiger partial charge in [-0.25, -0.2) is 4.98 Å². The summed E-state index contributed by atoms with van der Waals surface area (Å²) in [4.78, 5) is 19.2. The third-order valence-electron chi connectivity index (χ3n) is 5.92. The Balaban J connectivity index is 1.38. The molecule has 1 fully saturated rings. The van der Waals surface area contributed by atoms with Gasteiger partial charge in [0, 0.05) is 30.1 Å². The van der Waals surface area contributed by atoms with Crippen molar-refractivity contribution in [3.8, 4) is 11.3 Å². The lowest BCUT2D eigenvalue weighted by molar-refractivity contribution is -0.117. The molecular weight excluding hydrogens is 366 g/mol. The number of aromatic nitrogens is 4. The molecule has 8 heteroatoms. The van der Waals surface area contributed by atoms with Crippen molar-refractivity contribution in [2.45, 2.75) is 38.9 Å². The Morgan fingerprint density at radius 2 is 2.21 bits per heavy atom. The topological polar surface area (TPSA) is 88.0 Å². The highest BCUT2D eigenvalue weighted by atomic mass is 16.2. The van der Waals surface area contributed by atoms with Crippen molar-refractivity contribution in [2.75, 3.05) is 25.0 Å². The van der Waals surface area contributed by atoms with Crippen LogP contribution in [0.15, 0.2) is 30.5 Å². The van der Waals surface area contributed by atoms with Crippen LogP contribution in [0.5, 0.6) is 0 Å². The van der Waals surface area contributed by atoms with Gasteiger partial charge < -0.3 is 15.2 Å². The van der Waals surface area contributed by atoms with E-state index in [1.165, 1.54) is 0 Å². The summed E-state index contributed by atoms with van der Waals surface area (Å²) in [6.45, 7) is 6.20. The van der Waals surface area contributed by atoms with Crippen molar-refractivity contribution in [1.29, 1.82) is 0 Å². The Hall–Kier alpha value is -2.84. The van der Waals surface area contributed by atoms with Gasteiger partial charge in [-0.15, -0.1) is 10.2 Å². The number of carbonyl (C=O) groups is 1. The van der Waals surface area contributed by atoms with Crippen LogP contribution in [0.1, 0.15) is 25.6 Å². The fourth-order valence-electron chi connectivity index (χ4n) is 4.29. The minimum atomic E-state index is -0.0408. The number of hydrogen-bond acceptors (Lipinski definition) is 6. The van der Waals surface area contributed by atoms with Crippen molar-refractivity contribution < 1.29 is 4.79 Å². The van der Waals surface area contributed by atoms with Gasteiger partial charge in [-0.05, 0) is 44.5 Å². The van der Waals surface area contributed by atoms with Gasteiger partial charge in [0.1, 0.15) is 5.82 Å². The molecule has 1 aromatic carbocycles. The molecule has 4 heterocycles. The Morgan fingerprint density at radius 1 is 1.28 bits per heavy atom. The molecule has 29 heavy (non-hydrogen) atoms. The molecule has 150 valence electrons. The number of carbonyl (C=O) groups excluding carboxylic acids is 1. The molecule has 5 rings (SSSR count). The van der Waals surface area contributed by atoms with E-state index in [0.717, 1.165) is 67.0 Å². The Labute approximate surface area is 169 Å². The third kappa shape index (κ3) is 3.61. The van der Waals surface area contributed by atoms with Crippen LogP contribution in [0.25, 0.3) is 22.2 Å². The van der Waals surface area contributed by atoms with Gasteiger partial charge in [0.2, 0.25) is 5.91 Å². The largest absolute Gasteiger partial charge is 0.326 e. The molecular formula is C21H25N7O. The summed E-state index contributed by atoms with van der Waals surface area (Å²) in [5, 5.41) is 15.7. The Morgan fingerprint density at radius 3 is 3.07 bits per heavy atom. The smallest absolute Gasteiger partial charge is 0.239 e. The molecule has 1 amide bonds. The van der Waals surface area contributed by atoms with E-state index in [4.69, 9.17) is 0 Å². The van der Waals surface area contributed by atoms with Gasteiger partial charge in [-0.1, -0.05) is 6.07 Å². The second-order valence-corrected chi connectivity index (χ2v) is 7.90. The maximum Gasteiger partial charge on any atom is 0.239 e. The van der Waals surface area contributed by atoms with Crippen LogP contribution in [0.2, 0.25) is 0 Å². The van der Waals surface area contributed by atoms with Crippen molar-refractivity contribution in [2.24, 2.45) is 0 Å². The number of imidazole rings is 1. The van der Waals surface area contributed by atoms with E-state index in [9.17, 15) is 4.79 Å². The van der Waals surface area contributed by atoms with Crippen LogP contribution < -0.4 is 10.6 Å². The maximum absolute atomic E-state index is 12.4. The highest BCUT2D eigenvalue weighted by molar-refractivity contribution is 5.93. The number of rotatable bonds is 4. The van der Waals surface area contributed by atoms with Crippen molar-refractivity contribution in [3.05, 3.63) is 36.3 Å². The number of hydrogen-bond donors (Lipinski definition) is 2. The zero-order valence-corrected chi connectivity index (χ0v) is 16.6. The van der Waals surface area contributed by atoms with E-state index in [-0.39, 0.29) is 5.91 Å². The minimum Gasteiger partial charge on any atom is -0.326 e. The highest BCUT2D eigenvalue weighted by Crippen LogP contribution is 2.26. The molecule has 0 bridgehead atoms. The van der Waals surface area contributed by atoms with Gasteiger partial charge in [-0.2, -0.15) is 0 Å². The summed E-state index contributed by atoms with van der Waals surface area (Å²) < 4.78 is 2.26. The third-order valence-corrected chi connectivity index (χ3v) is 5.92. The Kier molecular flexibility index (Phi) is 4.73. The molecule has 2 aliphatic heterocycles. The predicted octanol–water partition coefficient (Wildman–Crippen LogP) is 2.02. The molecule has 0 spiro atoms. The highest BCUT2D eigenvalue weighted by Gasteiger charge is 2.22. The lowest BCUT2D eigenvalue weighted by Gasteiger charge is -2.19. The molecule has 3 aromatic rings. The zero-order chi connectivity index (χ0) is 19.8. The van der Waals surface area contributed by atoms with Crippen LogP contribution in [-0.2, 0) is 17.9 Å². The monoisotopic (exact) mass is 391 g/mol. The van der Waals surface area contributed by atoms with E-state index in [1.54, 1.807) is 0 Å². The first-order valence-electron chi connectivity index (χ1n) is 10.2. The zero-order valence-electron chi connectivity index (χ0n) is 16.6. The Bertz CT molecular complexity index is 1060. The van der Waals surface area contributed by atoms with Crippen LogP contribution >= 0.6 is 0 Å². The normalized spacial score (nSPS) is 19.4. The number of likely N-dealkylation sites (tertiary alicyclic amines) is 1.